The van der Waals surface area contributed by atoms with Crippen molar-refractivity contribution in [2.45, 2.75) is 19.4 Å². The van der Waals surface area contributed by atoms with E-state index >= 15 is 0 Å². The second-order valence-electron chi connectivity index (χ2n) is 8.39. The Balaban J connectivity index is 1.20. The number of thiazole rings is 1. The number of piperazine rings is 1. The van der Waals surface area contributed by atoms with Gasteiger partial charge in [-0.2, -0.15) is 0 Å². The number of hydrogen-bond donors (Lipinski definition) is 0. The number of anilines is 1. The van der Waals surface area contributed by atoms with Gasteiger partial charge in [0.25, 0.3) is 5.91 Å². The lowest BCUT2D eigenvalue weighted by atomic mass is 10.1. The van der Waals surface area contributed by atoms with Crippen LogP contribution in [-0.4, -0.2) is 59.3 Å². The minimum absolute atomic E-state index is 0.0146. The van der Waals surface area contributed by atoms with E-state index < -0.39 is 0 Å². The quantitative estimate of drug-likeness (QED) is 0.537. The predicted molar refractivity (Wildman–Crippen MR) is 132 cm³/mol. The van der Waals surface area contributed by atoms with Gasteiger partial charge < -0.3 is 9.80 Å². The van der Waals surface area contributed by atoms with Gasteiger partial charge in [-0.05, 0) is 24.6 Å². The molecule has 2 fully saturated rings. The summed E-state index contributed by atoms with van der Waals surface area (Å²) in [5.74, 6) is 0.0480. The van der Waals surface area contributed by atoms with Crippen molar-refractivity contribution in [1.29, 1.82) is 0 Å². The zero-order valence-electron chi connectivity index (χ0n) is 18.2. The summed E-state index contributed by atoms with van der Waals surface area (Å²) in [7, 11) is 0. The molecule has 3 aromatic rings. The van der Waals surface area contributed by atoms with Crippen molar-refractivity contribution in [1.82, 2.24) is 14.8 Å². The van der Waals surface area contributed by atoms with E-state index in [-0.39, 0.29) is 11.8 Å². The lowest BCUT2D eigenvalue weighted by Crippen LogP contribution is -2.48. The number of benzene rings is 2. The van der Waals surface area contributed by atoms with Crippen LogP contribution in [0, 0.1) is 0 Å². The highest BCUT2D eigenvalue weighted by Crippen LogP contribution is 2.31. The standard InChI is InChI=1S/C25H25ClN4O2S/c26-21-9-8-19(15-22(21)30-10-4-7-23(30)31)25(32)29-13-11-28(12-14-29)16-20-17-33-24(27-20)18-5-2-1-3-6-18/h1-3,5-6,8-9,15,17H,4,7,10-14,16H2. The maximum Gasteiger partial charge on any atom is 0.254 e. The summed E-state index contributed by atoms with van der Waals surface area (Å²) in [5, 5.41) is 3.66. The monoisotopic (exact) mass is 480 g/mol. The van der Waals surface area contributed by atoms with Crippen molar-refractivity contribution in [2.24, 2.45) is 0 Å². The Morgan fingerprint density at radius 3 is 2.55 bits per heavy atom. The maximum atomic E-state index is 13.1. The topological polar surface area (TPSA) is 56.8 Å². The first-order chi connectivity index (χ1) is 16.1. The number of nitrogens with zero attached hydrogens (tertiary/aromatic N) is 4. The fraction of sp³-hybridized carbons (Fsp3) is 0.320. The fourth-order valence-corrected chi connectivity index (χ4v) is 5.41. The zero-order chi connectivity index (χ0) is 22.8. The summed E-state index contributed by atoms with van der Waals surface area (Å²) in [6.07, 6.45) is 1.35. The number of rotatable bonds is 5. The molecule has 6 nitrogen and oxygen atoms in total. The Morgan fingerprint density at radius 1 is 1.03 bits per heavy atom. The van der Waals surface area contributed by atoms with E-state index in [0.717, 1.165) is 42.3 Å². The van der Waals surface area contributed by atoms with Gasteiger partial charge >= 0.3 is 0 Å². The average Bonchev–Trinajstić information content (AvgIpc) is 3.49. The molecule has 0 saturated carbocycles. The highest BCUT2D eigenvalue weighted by atomic mass is 35.5. The van der Waals surface area contributed by atoms with Crippen molar-refractivity contribution in [3.63, 3.8) is 0 Å². The number of aromatic nitrogens is 1. The molecule has 0 radical (unpaired) electrons. The van der Waals surface area contributed by atoms with E-state index in [2.05, 4.69) is 22.4 Å². The normalized spacial score (nSPS) is 17.1. The molecule has 3 heterocycles. The van der Waals surface area contributed by atoms with Crippen LogP contribution in [0.5, 0.6) is 0 Å². The summed E-state index contributed by atoms with van der Waals surface area (Å²) in [6.45, 7) is 4.36. The summed E-state index contributed by atoms with van der Waals surface area (Å²) < 4.78 is 0. The van der Waals surface area contributed by atoms with E-state index in [1.54, 1.807) is 34.4 Å². The van der Waals surface area contributed by atoms with Gasteiger partial charge in [0.05, 0.1) is 16.4 Å². The van der Waals surface area contributed by atoms with Crippen LogP contribution in [0.3, 0.4) is 0 Å². The minimum atomic E-state index is -0.0146. The lowest BCUT2D eigenvalue weighted by Gasteiger charge is -2.34. The molecule has 2 saturated heterocycles. The van der Waals surface area contributed by atoms with E-state index in [9.17, 15) is 9.59 Å². The van der Waals surface area contributed by atoms with Gasteiger partial charge in [-0.1, -0.05) is 41.9 Å². The van der Waals surface area contributed by atoms with Crippen LogP contribution < -0.4 is 4.90 Å². The van der Waals surface area contributed by atoms with E-state index in [1.165, 1.54) is 0 Å². The fourth-order valence-electron chi connectivity index (χ4n) is 4.37. The molecule has 0 atom stereocenters. The Kier molecular flexibility index (Phi) is 6.44. The average molecular weight is 481 g/mol. The predicted octanol–water partition coefficient (Wildman–Crippen LogP) is 4.55. The van der Waals surface area contributed by atoms with Gasteiger partial charge in [0.2, 0.25) is 5.91 Å². The summed E-state index contributed by atoms with van der Waals surface area (Å²) in [5.41, 5.74) is 3.43. The SMILES string of the molecule is O=C(c1ccc(Cl)c(N2CCCC2=O)c1)N1CCN(Cc2csc(-c3ccccc3)n2)CC1. The van der Waals surface area contributed by atoms with Crippen molar-refractivity contribution in [2.75, 3.05) is 37.6 Å². The molecule has 0 unspecified atom stereocenters. The minimum Gasteiger partial charge on any atom is -0.336 e. The lowest BCUT2D eigenvalue weighted by molar-refractivity contribution is -0.117. The Morgan fingerprint density at radius 2 is 1.82 bits per heavy atom. The first-order valence-electron chi connectivity index (χ1n) is 11.2. The van der Waals surface area contributed by atoms with Crippen molar-refractivity contribution < 1.29 is 9.59 Å². The second kappa shape index (κ2) is 9.63. The third-order valence-corrected chi connectivity index (χ3v) is 7.43. The maximum absolute atomic E-state index is 13.1. The Hall–Kier alpha value is -2.74. The van der Waals surface area contributed by atoms with E-state index in [0.29, 0.717) is 42.3 Å². The number of carbonyl (C=O) groups excluding carboxylic acids is 2. The molecule has 0 spiro atoms. The van der Waals surface area contributed by atoms with Crippen LogP contribution in [-0.2, 0) is 11.3 Å². The molecule has 8 heteroatoms. The molecule has 2 aliphatic rings. The highest BCUT2D eigenvalue weighted by molar-refractivity contribution is 7.13. The van der Waals surface area contributed by atoms with Gasteiger partial charge in [-0.15, -0.1) is 11.3 Å². The van der Waals surface area contributed by atoms with Crippen LogP contribution in [0.15, 0.2) is 53.9 Å². The van der Waals surface area contributed by atoms with Crippen molar-refractivity contribution in [3.8, 4) is 10.6 Å². The molecular formula is C25H25ClN4O2S. The molecule has 1 aromatic heterocycles. The molecule has 0 bridgehead atoms. The molecular weight excluding hydrogens is 456 g/mol. The highest BCUT2D eigenvalue weighted by Gasteiger charge is 2.27. The third kappa shape index (κ3) is 4.81. The summed E-state index contributed by atoms with van der Waals surface area (Å²) in [4.78, 5) is 36.0. The zero-order valence-corrected chi connectivity index (χ0v) is 19.8. The Bertz CT molecular complexity index is 1160. The third-order valence-electron chi connectivity index (χ3n) is 6.17. The number of halogens is 1. The van der Waals surface area contributed by atoms with Crippen molar-refractivity contribution >= 4 is 40.4 Å². The number of carbonyl (C=O) groups is 2. The largest absolute Gasteiger partial charge is 0.336 e. The van der Waals surface area contributed by atoms with Crippen LogP contribution in [0.2, 0.25) is 5.02 Å². The molecule has 2 aliphatic heterocycles. The van der Waals surface area contributed by atoms with Crippen LogP contribution >= 0.6 is 22.9 Å². The smallest absolute Gasteiger partial charge is 0.254 e. The molecule has 0 aliphatic carbocycles. The first kappa shape index (κ1) is 22.1. The molecule has 33 heavy (non-hydrogen) atoms. The number of hydrogen-bond acceptors (Lipinski definition) is 5. The first-order valence-corrected chi connectivity index (χ1v) is 12.5. The molecule has 170 valence electrons. The summed E-state index contributed by atoms with van der Waals surface area (Å²) in [6, 6.07) is 15.5. The van der Waals surface area contributed by atoms with Crippen LogP contribution in [0.25, 0.3) is 10.6 Å². The van der Waals surface area contributed by atoms with Crippen LogP contribution in [0.4, 0.5) is 5.69 Å². The van der Waals surface area contributed by atoms with E-state index in [4.69, 9.17) is 16.6 Å². The Labute approximate surface area is 202 Å². The van der Waals surface area contributed by atoms with Gasteiger partial charge in [0.1, 0.15) is 5.01 Å². The van der Waals surface area contributed by atoms with Gasteiger partial charge in [-0.3, -0.25) is 14.5 Å². The second-order valence-corrected chi connectivity index (χ2v) is 9.66. The molecule has 2 amide bonds. The van der Waals surface area contributed by atoms with E-state index in [1.807, 2.05) is 23.1 Å². The van der Waals surface area contributed by atoms with Gasteiger partial charge in [-0.25, -0.2) is 4.98 Å². The van der Waals surface area contributed by atoms with Crippen LogP contribution in [0.1, 0.15) is 28.9 Å². The molecule has 0 N–H and O–H groups in total. The summed E-state index contributed by atoms with van der Waals surface area (Å²) >= 11 is 8.00. The van der Waals surface area contributed by atoms with Gasteiger partial charge in [0.15, 0.2) is 0 Å². The van der Waals surface area contributed by atoms with Gasteiger partial charge in [0, 0.05) is 62.2 Å². The molecule has 5 rings (SSSR count). The number of amides is 2. The van der Waals surface area contributed by atoms with Crippen molar-refractivity contribution in [3.05, 3.63) is 70.2 Å². The molecule has 2 aromatic carbocycles.